The average molecular weight is 546 g/mol. The third kappa shape index (κ3) is 10.7. The van der Waals surface area contributed by atoms with Crippen LogP contribution in [0.2, 0.25) is 0 Å². The summed E-state index contributed by atoms with van der Waals surface area (Å²) in [5.74, 6) is 1.37. The molecule has 0 amide bonds. The minimum absolute atomic E-state index is 0.420. The minimum atomic E-state index is -0.942. The molecule has 0 fully saturated rings. The zero-order chi connectivity index (χ0) is 27.5. The summed E-state index contributed by atoms with van der Waals surface area (Å²) in [5.41, 5.74) is 16.0. The van der Waals surface area contributed by atoms with Gasteiger partial charge >= 0.3 is 0 Å². The van der Waals surface area contributed by atoms with Gasteiger partial charge in [0.15, 0.2) is 0 Å². The van der Waals surface area contributed by atoms with Crippen LogP contribution in [0.5, 0.6) is 0 Å². The minimum Gasteiger partial charge on any atom is -0.334 e. The van der Waals surface area contributed by atoms with Crippen molar-refractivity contribution in [2.75, 3.05) is 10.8 Å². The summed E-state index contributed by atoms with van der Waals surface area (Å²) in [5, 5.41) is 13.5. The molecule has 0 aromatic carbocycles. The molecule has 0 radical (unpaired) electrons. The Morgan fingerprint density at radius 2 is 1.81 bits per heavy atom. The van der Waals surface area contributed by atoms with Gasteiger partial charge in [0.05, 0.1) is 10.6 Å². The van der Waals surface area contributed by atoms with Crippen molar-refractivity contribution in [2.45, 2.75) is 24.8 Å². The Morgan fingerprint density at radius 1 is 1.11 bits per heavy atom. The van der Waals surface area contributed by atoms with E-state index in [1.165, 1.54) is 23.1 Å². The first-order chi connectivity index (χ1) is 18.0. The van der Waals surface area contributed by atoms with Crippen molar-refractivity contribution in [3.63, 3.8) is 0 Å². The summed E-state index contributed by atoms with van der Waals surface area (Å²) in [6, 6.07) is 4.13. The molecule has 9 heteroatoms. The molecule has 0 saturated heterocycles. The fraction of sp³-hybridized carbons (Fsp3) is 0.214. The number of hydrogen-bond acceptors (Lipinski definition) is 7. The summed E-state index contributed by atoms with van der Waals surface area (Å²) in [7, 11) is 0.947. The molecule has 0 aliphatic heterocycles. The van der Waals surface area contributed by atoms with Gasteiger partial charge in [-0.1, -0.05) is 48.0 Å². The molecule has 1 unspecified atom stereocenters. The van der Waals surface area contributed by atoms with Crippen molar-refractivity contribution in [3.8, 4) is 28.2 Å². The highest BCUT2D eigenvalue weighted by atomic mass is 32.2. The van der Waals surface area contributed by atoms with Crippen molar-refractivity contribution < 1.29 is 4.21 Å². The summed E-state index contributed by atoms with van der Waals surface area (Å²) in [4.78, 5) is 13.4. The van der Waals surface area contributed by atoms with Crippen LogP contribution in [-0.2, 0) is 17.8 Å². The van der Waals surface area contributed by atoms with Crippen LogP contribution >= 0.6 is 23.1 Å². The first-order valence-corrected chi connectivity index (χ1v) is 14.2. The highest BCUT2D eigenvalue weighted by molar-refractivity contribution is 8.10. The number of aryl methyl sites for hydroxylation is 1. The van der Waals surface area contributed by atoms with Gasteiger partial charge in [-0.25, -0.2) is 15.0 Å². The SMILES string of the molecule is C=C=C=C.C=C=C=C=C=C.CCCCS(=O)CSc1nc(-c2nccs2)cc(-c2nccn2C)c1C#N. The third-order valence-corrected chi connectivity index (χ3v) is 7.86. The van der Waals surface area contributed by atoms with Crippen LogP contribution in [0.1, 0.15) is 25.3 Å². The maximum Gasteiger partial charge on any atom is 0.141 e. The Hall–Kier alpha value is -3.86. The van der Waals surface area contributed by atoms with Gasteiger partial charge in [0.25, 0.3) is 0 Å². The number of nitrogens with zero attached hydrogens (tertiary/aromatic N) is 5. The normalized spacial score (nSPS) is 9.65. The molecule has 3 rings (SSSR count). The first-order valence-electron chi connectivity index (χ1n) is 10.9. The number of thiazole rings is 1. The van der Waals surface area contributed by atoms with E-state index >= 15 is 0 Å². The predicted octanol–water partition coefficient (Wildman–Crippen LogP) is 6.61. The monoisotopic (exact) mass is 545 g/mol. The van der Waals surface area contributed by atoms with Gasteiger partial charge in [0.2, 0.25) is 0 Å². The van der Waals surface area contributed by atoms with Gasteiger partial charge in [-0.2, -0.15) is 5.26 Å². The summed E-state index contributed by atoms with van der Waals surface area (Å²) < 4.78 is 14.1. The van der Waals surface area contributed by atoms with Gasteiger partial charge < -0.3 is 4.57 Å². The van der Waals surface area contributed by atoms with Crippen molar-refractivity contribution in [2.24, 2.45) is 7.05 Å². The van der Waals surface area contributed by atoms with E-state index in [9.17, 15) is 9.47 Å². The molecule has 6 nitrogen and oxygen atoms in total. The molecule has 0 N–H and O–H groups in total. The Morgan fingerprint density at radius 3 is 2.30 bits per heavy atom. The van der Waals surface area contributed by atoms with E-state index in [4.69, 9.17) is 0 Å². The van der Waals surface area contributed by atoms with Gasteiger partial charge in [0.1, 0.15) is 27.6 Å². The molecular formula is C28H27N5OS3. The second-order valence-corrected chi connectivity index (χ2v) is 10.6. The molecule has 3 aromatic heterocycles. The van der Waals surface area contributed by atoms with Gasteiger partial charge in [-0.3, -0.25) is 4.21 Å². The van der Waals surface area contributed by atoms with Crippen molar-refractivity contribution in [1.29, 1.82) is 5.26 Å². The second kappa shape index (κ2) is 18.4. The van der Waals surface area contributed by atoms with E-state index in [1.54, 1.807) is 12.4 Å². The lowest BCUT2D eigenvalue weighted by Crippen LogP contribution is -2.03. The lowest BCUT2D eigenvalue weighted by molar-refractivity contribution is 0.682. The van der Waals surface area contributed by atoms with Crippen LogP contribution < -0.4 is 0 Å². The number of thioether (sulfide) groups is 1. The summed E-state index contributed by atoms with van der Waals surface area (Å²) in [6.45, 7) is 14.9. The Labute approximate surface area is 229 Å². The van der Waals surface area contributed by atoms with E-state index in [2.05, 4.69) is 88.6 Å². The lowest BCUT2D eigenvalue weighted by atomic mass is 10.1. The van der Waals surface area contributed by atoms with Crippen LogP contribution in [0.15, 0.2) is 95.8 Å². The zero-order valence-electron chi connectivity index (χ0n) is 20.9. The van der Waals surface area contributed by atoms with E-state index in [0.29, 0.717) is 38.5 Å². The van der Waals surface area contributed by atoms with Crippen molar-refractivity contribution in [1.82, 2.24) is 19.5 Å². The van der Waals surface area contributed by atoms with Crippen molar-refractivity contribution >= 4 is 33.9 Å². The predicted molar refractivity (Wildman–Crippen MR) is 154 cm³/mol. The molecule has 188 valence electrons. The van der Waals surface area contributed by atoms with Crippen LogP contribution in [0.3, 0.4) is 0 Å². The summed E-state index contributed by atoms with van der Waals surface area (Å²) in [6.07, 6.45) is 7.22. The fourth-order valence-electron chi connectivity index (χ4n) is 2.57. The second-order valence-electron chi connectivity index (χ2n) is 6.76. The molecule has 0 saturated carbocycles. The molecule has 3 aromatic rings. The largest absolute Gasteiger partial charge is 0.334 e. The van der Waals surface area contributed by atoms with Crippen LogP contribution in [-0.4, -0.2) is 34.6 Å². The molecule has 0 bridgehead atoms. The topological polar surface area (TPSA) is 84.5 Å². The van der Waals surface area contributed by atoms with Crippen LogP contribution in [0, 0.1) is 11.3 Å². The molecule has 1 atom stereocenters. The first kappa shape index (κ1) is 31.2. The summed E-state index contributed by atoms with van der Waals surface area (Å²) >= 11 is 2.86. The number of nitriles is 1. The Bertz CT molecular complexity index is 1420. The highest BCUT2D eigenvalue weighted by Crippen LogP contribution is 2.34. The van der Waals surface area contributed by atoms with E-state index in [0.717, 1.165) is 17.8 Å². The highest BCUT2D eigenvalue weighted by Gasteiger charge is 2.19. The van der Waals surface area contributed by atoms with Crippen molar-refractivity contribution in [3.05, 3.63) is 96.3 Å². The Kier molecular flexibility index (Phi) is 15.5. The third-order valence-electron chi connectivity index (χ3n) is 4.23. The quantitative estimate of drug-likeness (QED) is 0.234. The maximum absolute atomic E-state index is 12.2. The molecule has 3 heterocycles. The number of pyridine rings is 1. The molecule has 0 aliphatic carbocycles. The average Bonchev–Trinajstić information content (AvgIpc) is 3.61. The number of unbranched alkanes of at least 4 members (excludes halogenated alkanes) is 1. The van der Waals surface area contributed by atoms with Crippen LogP contribution in [0.25, 0.3) is 22.1 Å². The maximum atomic E-state index is 12.2. The molecule has 0 spiro atoms. The number of rotatable bonds is 8. The van der Waals surface area contributed by atoms with Gasteiger partial charge in [-0.15, -0.1) is 11.3 Å². The molecular weight excluding hydrogens is 519 g/mol. The Balaban J connectivity index is 0.000000583. The molecule has 0 aliphatic rings. The van der Waals surface area contributed by atoms with Crippen LogP contribution in [0.4, 0.5) is 0 Å². The van der Waals surface area contributed by atoms with E-state index < -0.39 is 10.8 Å². The standard InChI is InChI=1S/C18H19N5OS3.C6H4.C4H4/c1-3-4-9-27(24)12-26-17-14(11-19)13(16-20-5-7-23(16)2)10-15(22-17)18-21-6-8-25-18;1-3-5-6-4-2;1-3-4-2/h5-8,10H,3-4,9,12H2,1-2H3;1-2H2;1-2H2. The smallest absolute Gasteiger partial charge is 0.141 e. The number of aromatic nitrogens is 4. The fourth-order valence-corrected chi connectivity index (χ4v) is 5.68. The van der Waals surface area contributed by atoms with Gasteiger partial charge in [-0.05, 0) is 50.3 Å². The van der Waals surface area contributed by atoms with E-state index in [-0.39, 0.29) is 0 Å². The number of imidazole rings is 1. The zero-order valence-corrected chi connectivity index (χ0v) is 23.4. The lowest BCUT2D eigenvalue weighted by Gasteiger charge is -2.11. The van der Waals surface area contributed by atoms with E-state index in [1.807, 2.05) is 29.3 Å². The number of hydrogen-bond donors (Lipinski definition) is 0. The van der Waals surface area contributed by atoms with Gasteiger partial charge in [0, 0.05) is 53.1 Å². The molecule has 37 heavy (non-hydrogen) atoms.